The third-order valence-corrected chi connectivity index (χ3v) is 5.30. The van der Waals surface area contributed by atoms with Gasteiger partial charge in [-0.05, 0) is 29.1 Å². The Balaban J connectivity index is 1.89. The van der Waals surface area contributed by atoms with Gasteiger partial charge in [0.25, 0.3) is 0 Å². The van der Waals surface area contributed by atoms with Gasteiger partial charge >= 0.3 is 0 Å². The van der Waals surface area contributed by atoms with E-state index in [1.807, 2.05) is 40.4 Å². The molecule has 0 spiro atoms. The van der Waals surface area contributed by atoms with Crippen LogP contribution in [0.4, 0.5) is 5.69 Å². The molecule has 1 amide bonds. The fraction of sp³-hybridized carbons (Fsp3) is 0.211. The van der Waals surface area contributed by atoms with E-state index in [1.54, 1.807) is 36.0 Å². The highest BCUT2D eigenvalue weighted by Crippen LogP contribution is 2.25. The predicted octanol–water partition coefficient (Wildman–Crippen LogP) is 3.67. The Labute approximate surface area is 165 Å². The van der Waals surface area contributed by atoms with Crippen molar-refractivity contribution in [3.05, 3.63) is 57.5 Å². The average molecular weight is 401 g/mol. The van der Waals surface area contributed by atoms with Gasteiger partial charge in [0.05, 0.1) is 29.9 Å². The normalized spacial score (nSPS) is 12.0. The zero-order valence-electron chi connectivity index (χ0n) is 15.1. The van der Waals surface area contributed by atoms with E-state index in [2.05, 4.69) is 26.9 Å². The first-order chi connectivity index (χ1) is 13.2. The van der Waals surface area contributed by atoms with Gasteiger partial charge in [0.15, 0.2) is 0 Å². The molecule has 1 N–H and O–H groups in total. The summed E-state index contributed by atoms with van der Waals surface area (Å²) in [6.07, 6.45) is 1.79. The lowest BCUT2D eigenvalue weighted by atomic mass is 10.2. The van der Waals surface area contributed by atoms with Crippen LogP contribution in [0.1, 0.15) is 12.5 Å². The molecular weight excluding hydrogens is 380 g/mol. The highest BCUT2D eigenvalue weighted by molar-refractivity contribution is 7.14. The number of hydrogen-bond acceptors (Lipinski definition) is 6. The van der Waals surface area contributed by atoms with E-state index in [0.29, 0.717) is 13.2 Å². The number of amides is 1. The number of carbonyl (C=O) groups is 1. The molecule has 6 nitrogen and oxygen atoms in total. The van der Waals surface area contributed by atoms with Crippen molar-refractivity contribution in [3.63, 3.8) is 0 Å². The fourth-order valence-electron chi connectivity index (χ4n) is 2.33. The van der Waals surface area contributed by atoms with Gasteiger partial charge in [-0.1, -0.05) is 18.2 Å². The minimum Gasteiger partial charge on any atom is -0.383 e. The monoisotopic (exact) mass is 400 g/mol. The molecular formula is C19H20N4O2S2. The molecule has 3 aromatic rings. The molecule has 0 saturated carbocycles. The van der Waals surface area contributed by atoms with Gasteiger partial charge in [-0.3, -0.25) is 9.79 Å². The second-order valence-corrected chi connectivity index (χ2v) is 7.40. The maximum atomic E-state index is 11.1. The van der Waals surface area contributed by atoms with Crippen molar-refractivity contribution in [3.8, 4) is 10.6 Å². The van der Waals surface area contributed by atoms with Gasteiger partial charge < -0.3 is 10.1 Å². The number of benzene rings is 1. The number of nitrogens with one attached hydrogen (secondary N) is 1. The van der Waals surface area contributed by atoms with Gasteiger partial charge in [-0.15, -0.1) is 22.7 Å². The highest BCUT2D eigenvalue weighted by Gasteiger charge is 2.08. The van der Waals surface area contributed by atoms with Crippen molar-refractivity contribution in [2.45, 2.75) is 6.92 Å². The first kappa shape index (κ1) is 19.2. The zero-order chi connectivity index (χ0) is 19.1. The zero-order valence-corrected chi connectivity index (χ0v) is 16.7. The Morgan fingerprint density at radius 3 is 2.74 bits per heavy atom. The van der Waals surface area contributed by atoms with E-state index in [0.717, 1.165) is 26.6 Å². The molecule has 27 heavy (non-hydrogen) atoms. The third kappa shape index (κ3) is 5.22. The summed E-state index contributed by atoms with van der Waals surface area (Å²) >= 11 is 3.22. The van der Waals surface area contributed by atoms with Crippen LogP contribution in [0.5, 0.6) is 0 Å². The number of carbonyl (C=O) groups excluding carboxylic acids is 1. The van der Waals surface area contributed by atoms with Gasteiger partial charge in [0, 0.05) is 25.1 Å². The molecule has 0 aliphatic heterocycles. The van der Waals surface area contributed by atoms with Crippen LogP contribution >= 0.6 is 22.7 Å². The molecule has 0 bridgehead atoms. The second kappa shape index (κ2) is 9.40. The molecule has 8 heteroatoms. The molecule has 0 radical (unpaired) electrons. The van der Waals surface area contributed by atoms with Crippen molar-refractivity contribution in [1.82, 2.24) is 4.68 Å². The van der Waals surface area contributed by atoms with E-state index >= 15 is 0 Å². The summed E-state index contributed by atoms with van der Waals surface area (Å²) in [4.78, 5) is 17.7. The molecule has 2 aromatic heterocycles. The molecule has 140 valence electrons. The van der Waals surface area contributed by atoms with Crippen molar-refractivity contribution in [2.24, 2.45) is 10.1 Å². The Morgan fingerprint density at radius 2 is 2.07 bits per heavy atom. The van der Waals surface area contributed by atoms with Crippen LogP contribution < -0.4 is 10.1 Å². The highest BCUT2D eigenvalue weighted by atomic mass is 32.1. The smallest absolute Gasteiger partial charge is 0.221 e. The lowest BCUT2D eigenvalue weighted by molar-refractivity contribution is -0.114. The number of nitrogens with zero attached hydrogens (tertiary/aromatic N) is 3. The number of hydrogen-bond donors (Lipinski definition) is 1. The number of methoxy groups -OCH3 is 1. The summed E-state index contributed by atoms with van der Waals surface area (Å²) in [7, 11) is 1.66. The van der Waals surface area contributed by atoms with Crippen LogP contribution in [-0.2, 0) is 9.53 Å². The van der Waals surface area contributed by atoms with Crippen molar-refractivity contribution < 1.29 is 9.53 Å². The molecule has 1 aromatic carbocycles. The molecule has 0 saturated heterocycles. The minimum atomic E-state index is -0.0897. The standard InChI is InChI=1S/C19H20N4O2S2/c1-14(24)22-16-7-5-15(6-8-16)12-21-23-17(18-4-3-11-26-18)13-27-19(23)20-9-10-25-2/h3-8,11-13H,9-10H2,1-2H3,(H,22,24)/b20-19?,21-12-. The van der Waals surface area contributed by atoms with Gasteiger partial charge in [0.1, 0.15) is 0 Å². The summed E-state index contributed by atoms with van der Waals surface area (Å²) in [5.41, 5.74) is 2.71. The van der Waals surface area contributed by atoms with Crippen molar-refractivity contribution in [1.29, 1.82) is 0 Å². The first-order valence-electron chi connectivity index (χ1n) is 8.33. The molecule has 2 heterocycles. The number of ether oxygens (including phenoxy) is 1. The molecule has 0 unspecified atom stereocenters. The summed E-state index contributed by atoms with van der Waals surface area (Å²) in [6.45, 7) is 2.64. The third-order valence-electron chi connectivity index (χ3n) is 3.55. The number of thiophene rings is 1. The second-order valence-electron chi connectivity index (χ2n) is 5.61. The van der Waals surface area contributed by atoms with E-state index < -0.39 is 0 Å². The van der Waals surface area contributed by atoms with Crippen LogP contribution in [0.15, 0.2) is 57.3 Å². The molecule has 0 aliphatic carbocycles. The number of thiazole rings is 1. The lowest BCUT2D eigenvalue weighted by Crippen LogP contribution is -2.13. The van der Waals surface area contributed by atoms with Gasteiger partial charge in [0.2, 0.25) is 10.7 Å². The van der Waals surface area contributed by atoms with E-state index in [4.69, 9.17) is 4.74 Å². The van der Waals surface area contributed by atoms with Gasteiger partial charge in [-0.2, -0.15) is 5.10 Å². The Morgan fingerprint density at radius 1 is 1.26 bits per heavy atom. The Hall–Kier alpha value is -2.55. The quantitative estimate of drug-likeness (QED) is 0.486. The summed E-state index contributed by atoms with van der Waals surface area (Å²) in [6, 6.07) is 11.6. The Kier molecular flexibility index (Phi) is 6.69. The lowest BCUT2D eigenvalue weighted by Gasteiger charge is -2.03. The van der Waals surface area contributed by atoms with Crippen LogP contribution in [0, 0.1) is 0 Å². The predicted molar refractivity (Wildman–Crippen MR) is 112 cm³/mol. The summed E-state index contributed by atoms with van der Waals surface area (Å²) in [5.74, 6) is -0.0897. The van der Waals surface area contributed by atoms with Gasteiger partial charge in [-0.25, -0.2) is 4.68 Å². The van der Waals surface area contributed by atoms with Crippen molar-refractivity contribution >= 4 is 40.5 Å². The SMILES string of the molecule is COCCN=c1scc(-c2cccs2)n1/N=C\c1ccc(NC(C)=O)cc1. The molecule has 0 fully saturated rings. The fourth-order valence-corrected chi connectivity index (χ4v) is 3.98. The summed E-state index contributed by atoms with van der Waals surface area (Å²) in [5, 5.41) is 11.5. The summed E-state index contributed by atoms with van der Waals surface area (Å²) < 4.78 is 6.94. The van der Waals surface area contributed by atoms with Crippen molar-refractivity contribution in [2.75, 3.05) is 25.6 Å². The molecule has 0 atom stereocenters. The van der Waals surface area contributed by atoms with E-state index in [1.165, 1.54) is 6.92 Å². The topological polar surface area (TPSA) is 68.0 Å². The Bertz CT molecular complexity index is 970. The molecule has 0 aliphatic rings. The number of anilines is 1. The van der Waals surface area contributed by atoms with E-state index in [9.17, 15) is 4.79 Å². The first-order valence-corrected chi connectivity index (χ1v) is 10.1. The van der Waals surface area contributed by atoms with Crippen LogP contribution in [0.3, 0.4) is 0 Å². The largest absolute Gasteiger partial charge is 0.383 e. The average Bonchev–Trinajstić information content (AvgIpc) is 3.30. The maximum Gasteiger partial charge on any atom is 0.221 e. The number of rotatable bonds is 7. The van der Waals surface area contributed by atoms with Crippen LogP contribution in [-0.4, -0.2) is 37.1 Å². The van der Waals surface area contributed by atoms with Crippen LogP contribution in [0.25, 0.3) is 10.6 Å². The van der Waals surface area contributed by atoms with Crippen LogP contribution in [0.2, 0.25) is 0 Å². The van der Waals surface area contributed by atoms with E-state index in [-0.39, 0.29) is 5.91 Å². The minimum absolute atomic E-state index is 0.0897. The maximum absolute atomic E-state index is 11.1. The molecule has 3 rings (SSSR count). The number of aromatic nitrogens is 1.